The van der Waals surface area contributed by atoms with Gasteiger partial charge in [-0.1, -0.05) is 13.0 Å². The van der Waals surface area contributed by atoms with Crippen LogP contribution >= 0.6 is 0 Å². The molecule has 0 radical (unpaired) electrons. The van der Waals surface area contributed by atoms with Gasteiger partial charge in [0.15, 0.2) is 0 Å². The Morgan fingerprint density at radius 2 is 2.21 bits per heavy atom. The Bertz CT molecular complexity index is 443. The fourth-order valence-electron chi connectivity index (χ4n) is 1.68. The van der Waals surface area contributed by atoms with Crippen LogP contribution in [0.1, 0.15) is 31.9 Å². The smallest absolute Gasteiger partial charge is 0.0960 e. The molecule has 2 aromatic rings. The summed E-state index contributed by atoms with van der Waals surface area (Å²) in [7, 11) is 0. The maximum atomic E-state index is 4.39. The molecule has 1 heterocycles. The second-order valence-corrected chi connectivity index (χ2v) is 3.90. The first-order valence-corrected chi connectivity index (χ1v) is 5.15. The molecule has 1 aromatic heterocycles. The average molecular weight is 188 g/mol. The lowest BCUT2D eigenvalue weighted by molar-refractivity contribution is 0.544. The third kappa shape index (κ3) is 1.41. The first-order chi connectivity index (χ1) is 6.72. The van der Waals surface area contributed by atoms with E-state index >= 15 is 0 Å². The molecule has 0 aliphatic heterocycles. The number of fused-ring (bicyclic) bond motifs is 1. The van der Waals surface area contributed by atoms with Gasteiger partial charge in [0.25, 0.3) is 0 Å². The van der Waals surface area contributed by atoms with Gasteiger partial charge in [-0.25, -0.2) is 4.98 Å². The molecule has 0 saturated heterocycles. The summed E-state index contributed by atoms with van der Waals surface area (Å²) in [6, 6.07) is 6.93. The lowest BCUT2D eigenvalue weighted by atomic mass is 10.2. The third-order valence-corrected chi connectivity index (χ3v) is 2.80. The second kappa shape index (κ2) is 3.45. The van der Waals surface area contributed by atoms with E-state index in [2.05, 4.69) is 48.5 Å². The summed E-state index contributed by atoms with van der Waals surface area (Å²) in [5.41, 5.74) is 3.64. The van der Waals surface area contributed by atoms with Crippen LogP contribution in [0.3, 0.4) is 0 Å². The highest BCUT2D eigenvalue weighted by Crippen LogP contribution is 2.20. The zero-order valence-corrected chi connectivity index (χ0v) is 8.99. The van der Waals surface area contributed by atoms with Crippen molar-refractivity contribution in [3.05, 3.63) is 30.1 Å². The number of hydrogen-bond acceptors (Lipinski definition) is 1. The molecule has 1 atom stereocenters. The van der Waals surface area contributed by atoms with Crippen molar-refractivity contribution in [3.63, 3.8) is 0 Å². The van der Waals surface area contributed by atoms with Crippen molar-refractivity contribution in [2.75, 3.05) is 0 Å². The minimum atomic E-state index is 0.529. The zero-order chi connectivity index (χ0) is 10.1. The lowest BCUT2D eigenvalue weighted by Crippen LogP contribution is -2.01. The maximum absolute atomic E-state index is 4.39. The predicted octanol–water partition coefficient (Wildman–Crippen LogP) is 3.32. The Morgan fingerprint density at radius 3 is 2.93 bits per heavy atom. The Kier molecular flexibility index (Phi) is 2.28. The Hall–Kier alpha value is -1.31. The second-order valence-electron chi connectivity index (χ2n) is 3.90. The van der Waals surface area contributed by atoms with E-state index in [9.17, 15) is 0 Å². The molecule has 1 aromatic carbocycles. The molecule has 74 valence electrons. The number of imidazole rings is 1. The SMILES string of the molecule is CCC(C)n1cnc2ccc(C)cc21. The van der Waals surface area contributed by atoms with Crippen LogP contribution in [0, 0.1) is 6.92 Å². The van der Waals surface area contributed by atoms with Crippen LogP contribution in [-0.2, 0) is 0 Å². The first kappa shape index (κ1) is 9.25. The van der Waals surface area contributed by atoms with Crippen LogP contribution in [0.5, 0.6) is 0 Å². The van der Waals surface area contributed by atoms with Gasteiger partial charge < -0.3 is 4.57 Å². The number of aryl methyl sites for hydroxylation is 1. The van der Waals surface area contributed by atoms with Gasteiger partial charge in [0.1, 0.15) is 0 Å². The van der Waals surface area contributed by atoms with E-state index in [0.29, 0.717) is 6.04 Å². The molecule has 2 rings (SSSR count). The van der Waals surface area contributed by atoms with E-state index < -0.39 is 0 Å². The molecule has 14 heavy (non-hydrogen) atoms. The number of nitrogens with zero attached hydrogens (tertiary/aromatic N) is 2. The number of rotatable bonds is 2. The molecule has 0 bridgehead atoms. The van der Waals surface area contributed by atoms with Gasteiger partial charge >= 0.3 is 0 Å². The topological polar surface area (TPSA) is 17.8 Å². The van der Waals surface area contributed by atoms with Crippen LogP contribution in [0.4, 0.5) is 0 Å². The summed E-state index contributed by atoms with van der Waals surface area (Å²) >= 11 is 0. The van der Waals surface area contributed by atoms with E-state index in [1.165, 1.54) is 11.1 Å². The van der Waals surface area contributed by atoms with Crippen LogP contribution in [0.25, 0.3) is 11.0 Å². The third-order valence-electron chi connectivity index (χ3n) is 2.80. The van der Waals surface area contributed by atoms with E-state index in [-0.39, 0.29) is 0 Å². The minimum absolute atomic E-state index is 0.529. The monoisotopic (exact) mass is 188 g/mol. The molecule has 2 heteroatoms. The van der Waals surface area contributed by atoms with E-state index in [1.54, 1.807) is 0 Å². The van der Waals surface area contributed by atoms with Gasteiger partial charge in [0.2, 0.25) is 0 Å². The summed E-state index contributed by atoms with van der Waals surface area (Å²) in [5, 5.41) is 0. The number of benzene rings is 1. The van der Waals surface area contributed by atoms with E-state index in [0.717, 1.165) is 11.9 Å². The molecule has 0 N–H and O–H groups in total. The molecular weight excluding hydrogens is 172 g/mol. The standard InChI is InChI=1S/C12H16N2/c1-4-10(3)14-8-13-11-6-5-9(2)7-12(11)14/h5-8,10H,4H2,1-3H3. The van der Waals surface area contributed by atoms with Gasteiger partial charge in [-0.2, -0.15) is 0 Å². The lowest BCUT2D eigenvalue weighted by Gasteiger charge is -2.11. The minimum Gasteiger partial charge on any atom is -0.328 e. The van der Waals surface area contributed by atoms with Crippen LogP contribution in [0.15, 0.2) is 24.5 Å². The Balaban J connectivity index is 2.61. The highest BCUT2D eigenvalue weighted by Gasteiger charge is 2.06. The Morgan fingerprint density at radius 1 is 1.43 bits per heavy atom. The highest BCUT2D eigenvalue weighted by molar-refractivity contribution is 5.76. The van der Waals surface area contributed by atoms with Gasteiger partial charge in [-0.15, -0.1) is 0 Å². The average Bonchev–Trinajstić information content (AvgIpc) is 2.59. The molecule has 0 aliphatic rings. The molecule has 0 amide bonds. The van der Waals surface area contributed by atoms with Crippen molar-refractivity contribution in [3.8, 4) is 0 Å². The molecule has 2 nitrogen and oxygen atoms in total. The fraction of sp³-hybridized carbons (Fsp3) is 0.417. The predicted molar refractivity (Wildman–Crippen MR) is 59.5 cm³/mol. The normalized spacial score (nSPS) is 13.4. The van der Waals surface area contributed by atoms with E-state index in [4.69, 9.17) is 0 Å². The van der Waals surface area contributed by atoms with E-state index in [1.807, 2.05) is 6.33 Å². The van der Waals surface area contributed by atoms with Crippen molar-refractivity contribution < 1.29 is 0 Å². The molecule has 1 unspecified atom stereocenters. The Labute approximate surface area is 84.6 Å². The summed E-state index contributed by atoms with van der Waals surface area (Å²) in [4.78, 5) is 4.39. The van der Waals surface area contributed by atoms with Gasteiger partial charge in [0, 0.05) is 6.04 Å². The highest BCUT2D eigenvalue weighted by atomic mass is 15.1. The van der Waals surface area contributed by atoms with Crippen molar-refractivity contribution in [1.29, 1.82) is 0 Å². The maximum Gasteiger partial charge on any atom is 0.0960 e. The van der Waals surface area contributed by atoms with Crippen molar-refractivity contribution in [2.45, 2.75) is 33.2 Å². The molecule has 0 fully saturated rings. The number of aromatic nitrogens is 2. The molecule has 0 saturated carbocycles. The van der Waals surface area contributed by atoms with Gasteiger partial charge in [-0.3, -0.25) is 0 Å². The van der Waals surface area contributed by atoms with Crippen LogP contribution in [0.2, 0.25) is 0 Å². The largest absolute Gasteiger partial charge is 0.328 e. The van der Waals surface area contributed by atoms with Crippen LogP contribution in [-0.4, -0.2) is 9.55 Å². The van der Waals surface area contributed by atoms with Gasteiger partial charge in [-0.05, 0) is 38.0 Å². The fourth-order valence-corrected chi connectivity index (χ4v) is 1.68. The zero-order valence-electron chi connectivity index (χ0n) is 8.99. The molecular formula is C12H16N2. The molecule has 0 aliphatic carbocycles. The van der Waals surface area contributed by atoms with Crippen molar-refractivity contribution in [2.24, 2.45) is 0 Å². The van der Waals surface area contributed by atoms with Crippen molar-refractivity contribution >= 4 is 11.0 Å². The first-order valence-electron chi connectivity index (χ1n) is 5.15. The van der Waals surface area contributed by atoms with Gasteiger partial charge in [0.05, 0.1) is 17.4 Å². The molecule has 0 spiro atoms. The summed E-state index contributed by atoms with van der Waals surface area (Å²) in [6.07, 6.45) is 3.08. The summed E-state index contributed by atoms with van der Waals surface area (Å²) in [5.74, 6) is 0. The van der Waals surface area contributed by atoms with Crippen LogP contribution < -0.4 is 0 Å². The summed E-state index contributed by atoms with van der Waals surface area (Å²) < 4.78 is 2.25. The number of hydrogen-bond donors (Lipinski definition) is 0. The quantitative estimate of drug-likeness (QED) is 0.707. The van der Waals surface area contributed by atoms with Crippen molar-refractivity contribution in [1.82, 2.24) is 9.55 Å². The summed E-state index contributed by atoms with van der Waals surface area (Å²) in [6.45, 7) is 6.54.